The predicted molar refractivity (Wildman–Crippen MR) is 111 cm³/mol. The topological polar surface area (TPSA) is 122 Å². The molecule has 0 amide bonds. The molecule has 27 heavy (non-hydrogen) atoms. The van der Waals surface area contributed by atoms with Gasteiger partial charge in [-0.15, -0.1) is 0 Å². The summed E-state index contributed by atoms with van der Waals surface area (Å²) in [6, 6.07) is 3.87. The molecule has 0 aliphatic heterocycles. The zero-order valence-electron chi connectivity index (χ0n) is 14.9. The molecule has 0 bridgehead atoms. The Bertz CT molecular complexity index is 937. The Labute approximate surface area is 170 Å². The van der Waals surface area contributed by atoms with Gasteiger partial charge in [-0.2, -0.15) is 4.98 Å². The van der Waals surface area contributed by atoms with Gasteiger partial charge in [0, 0.05) is 18.0 Å². The summed E-state index contributed by atoms with van der Waals surface area (Å²) >= 11 is 2.20. The number of nitrogens with two attached hydrogens (primary N) is 2. The molecule has 3 rings (SSSR count). The number of anilines is 2. The first-order valence-electron chi connectivity index (χ1n) is 8.21. The number of halogens is 1. The molecule has 140 valence electrons. The maximum absolute atomic E-state index is 5.97. The summed E-state index contributed by atoms with van der Waals surface area (Å²) in [6.07, 6.45) is 6.41. The summed E-state index contributed by atoms with van der Waals surface area (Å²) in [7, 11) is 0. The molecule has 9 heteroatoms. The summed E-state index contributed by atoms with van der Waals surface area (Å²) in [4.78, 5) is 16.1. The van der Waals surface area contributed by atoms with Gasteiger partial charge < -0.3 is 20.9 Å². The fourth-order valence-electron chi connectivity index (χ4n) is 2.35. The number of hydrogen-bond acceptors (Lipinski definition) is 8. The average molecular weight is 478 g/mol. The second-order valence-corrected chi connectivity index (χ2v) is 7.20. The zero-order chi connectivity index (χ0) is 19.4. The van der Waals surface area contributed by atoms with E-state index in [1.54, 1.807) is 18.6 Å². The van der Waals surface area contributed by atoms with Crippen molar-refractivity contribution in [3.8, 4) is 17.2 Å². The molecule has 0 aliphatic rings. The van der Waals surface area contributed by atoms with Crippen LogP contribution in [0, 0.1) is 3.57 Å². The van der Waals surface area contributed by atoms with Crippen LogP contribution in [0.5, 0.6) is 17.2 Å². The Kier molecular flexibility index (Phi) is 5.89. The van der Waals surface area contributed by atoms with Gasteiger partial charge in [-0.1, -0.05) is 13.8 Å². The van der Waals surface area contributed by atoms with Crippen LogP contribution in [0.15, 0.2) is 36.9 Å². The molecule has 0 saturated heterocycles. The predicted octanol–water partition coefficient (Wildman–Crippen LogP) is 3.53. The van der Waals surface area contributed by atoms with Crippen LogP contribution in [0.3, 0.4) is 0 Å². The third-order valence-electron chi connectivity index (χ3n) is 3.70. The van der Waals surface area contributed by atoms with E-state index in [-0.39, 0.29) is 17.7 Å². The van der Waals surface area contributed by atoms with Crippen LogP contribution in [0.25, 0.3) is 0 Å². The fraction of sp³-hybridized carbons (Fsp3) is 0.222. The molecular formula is C18H19IN6O2. The van der Waals surface area contributed by atoms with Gasteiger partial charge in [-0.25, -0.2) is 4.98 Å². The third-order valence-corrected chi connectivity index (χ3v) is 4.54. The standard InChI is InChI=1S/C18H19IN6O2/c1-10(2)12-5-15(26-9-11-7-22-3-4-23-11)13(19)6-14(12)27-16-8-24-18(21)25-17(16)20/h3-8,10H,9H2,1-2H3,(H4,20,21,24,25). The van der Waals surface area contributed by atoms with Gasteiger partial charge in [0.2, 0.25) is 5.95 Å². The van der Waals surface area contributed by atoms with E-state index in [1.807, 2.05) is 12.1 Å². The van der Waals surface area contributed by atoms with Gasteiger partial charge in [0.05, 0.1) is 21.7 Å². The number of aromatic nitrogens is 4. The summed E-state index contributed by atoms with van der Waals surface area (Å²) < 4.78 is 12.8. The highest BCUT2D eigenvalue weighted by atomic mass is 127. The van der Waals surface area contributed by atoms with Crippen LogP contribution in [-0.4, -0.2) is 19.9 Å². The van der Waals surface area contributed by atoms with E-state index >= 15 is 0 Å². The highest BCUT2D eigenvalue weighted by Crippen LogP contribution is 2.38. The summed E-state index contributed by atoms with van der Waals surface area (Å²) in [5.41, 5.74) is 13.1. The quantitative estimate of drug-likeness (QED) is 0.516. The molecule has 0 fully saturated rings. The number of rotatable bonds is 6. The van der Waals surface area contributed by atoms with Crippen LogP contribution < -0.4 is 20.9 Å². The number of benzene rings is 1. The van der Waals surface area contributed by atoms with E-state index in [4.69, 9.17) is 20.9 Å². The molecule has 0 unspecified atom stereocenters. The molecule has 0 radical (unpaired) electrons. The number of nitrogens with zero attached hydrogens (tertiary/aromatic N) is 4. The summed E-state index contributed by atoms with van der Waals surface area (Å²) in [5, 5.41) is 0. The van der Waals surface area contributed by atoms with Crippen molar-refractivity contribution < 1.29 is 9.47 Å². The van der Waals surface area contributed by atoms with E-state index in [0.717, 1.165) is 20.6 Å². The van der Waals surface area contributed by atoms with E-state index in [2.05, 4.69) is 56.4 Å². The van der Waals surface area contributed by atoms with Gasteiger partial charge in [-0.05, 0) is 40.6 Å². The lowest BCUT2D eigenvalue weighted by atomic mass is 10.0. The van der Waals surface area contributed by atoms with Gasteiger partial charge in [0.1, 0.15) is 18.1 Å². The first-order chi connectivity index (χ1) is 12.9. The third kappa shape index (κ3) is 4.73. The molecule has 2 aromatic heterocycles. The number of ether oxygens (including phenoxy) is 2. The molecule has 3 aromatic rings. The molecule has 1 aromatic carbocycles. The van der Waals surface area contributed by atoms with E-state index < -0.39 is 0 Å². The van der Waals surface area contributed by atoms with E-state index in [1.165, 1.54) is 6.20 Å². The maximum Gasteiger partial charge on any atom is 0.222 e. The van der Waals surface area contributed by atoms with Crippen LogP contribution >= 0.6 is 22.6 Å². The van der Waals surface area contributed by atoms with Gasteiger partial charge in [-0.3, -0.25) is 9.97 Å². The van der Waals surface area contributed by atoms with Crippen LogP contribution in [0.1, 0.15) is 31.0 Å². The van der Waals surface area contributed by atoms with Gasteiger partial charge >= 0.3 is 0 Å². The highest BCUT2D eigenvalue weighted by Gasteiger charge is 2.16. The van der Waals surface area contributed by atoms with Crippen molar-refractivity contribution in [1.29, 1.82) is 0 Å². The van der Waals surface area contributed by atoms with Crippen molar-refractivity contribution in [2.24, 2.45) is 0 Å². The second-order valence-electron chi connectivity index (χ2n) is 6.04. The fourth-order valence-corrected chi connectivity index (χ4v) is 2.95. The molecule has 8 nitrogen and oxygen atoms in total. The molecule has 0 spiro atoms. The largest absolute Gasteiger partial charge is 0.486 e. The van der Waals surface area contributed by atoms with Gasteiger partial charge in [0.15, 0.2) is 11.6 Å². The smallest absolute Gasteiger partial charge is 0.222 e. The van der Waals surface area contributed by atoms with Crippen molar-refractivity contribution in [2.45, 2.75) is 26.4 Å². The Morgan fingerprint density at radius 3 is 2.52 bits per heavy atom. The number of hydrogen-bond donors (Lipinski definition) is 2. The lowest BCUT2D eigenvalue weighted by Crippen LogP contribution is -2.04. The van der Waals surface area contributed by atoms with Crippen molar-refractivity contribution in [3.05, 3.63) is 51.7 Å². The molecular weight excluding hydrogens is 459 g/mol. The normalized spacial score (nSPS) is 10.8. The Morgan fingerprint density at radius 2 is 1.85 bits per heavy atom. The zero-order valence-corrected chi connectivity index (χ0v) is 17.0. The second kappa shape index (κ2) is 8.33. The van der Waals surface area contributed by atoms with Crippen LogP contribution in [-0.2, 0) is 6.61 Å². The molecule has 0 aliphatic carbocycles. The average Bonchev–Trinajstić information content (AvgIpc) is 2.64. The van der Waals surface area contributed by atoms with E-state index in [9.17, 15) is 0 Å². The Morgan fingerprint density at radius 1 is 1.04 bits per heavy atom. The lowest BCUT2D eigenvalue weighted by molar-refractivity contribution is 0.297. The van der Waals surface area contributed by atoms with Crippen LogP contribution in [0.4, 0.5) is 11.8 Å². The minimum atomic E-state index is 0.103. The van der Waals surface area contributed by atoms with Crippen molar-refractivity contribution in [3.63, 3.8) is 0 Å². The molecule has 0 atom stereocenters. The van der Waals surface area contributed by atoms with E-state index in [0.29, 0.717) is 18.1 Å². The molecule has 0 saturated carbocycles. The van der Waals surface area contributed by atoms with Crippen molar-refractivity contribution in [1.82, 2.24) is 19.9 Å². The van der Waals surface area contributed by atoms with Crippen molar-refractivity contribution >= 4 is 34.4 Å². The Balaban J connectivity index is 1.87. The molecule has 2 heterocycles. The molecule has 4 N–H and O–H groups in total. The summed E-state index contributed by atoms with van der Waals surface area (Å²) in [6.45, 7) is 4.48. The first-order valence-corrected chi connectivity index (χ1v) is 9.29. The Hall–Kier alpha value is -2.69. The number of nitrogen functional groups attached to an aromatic ring is 2. The maximum atomic E-state index is 5.97. The van der Waals surface area contributed by atoms with Gasteiger partial charge in [0.25, 0.3) is 0 Å². The minimum Gasteiger partial charge on any atom is -0.486 e. The monoisotopic (exact) mass is 478 g/mol. The van der Waals surface area contributed by atoms with Crippen molar-refractivity contribution in [2.75, 3.05) is 11.5 Å². The summed E-state index contributed by atoms with van der Waals surface area (Å²) in [5.74, 6) is 2.27. The highest BCUT2D eigenvalue weighted by molar-refractivity contribution is 14.1. The first kappa shape index (κ1) is 19.1. The lowest BCUT2D eigenvalue weighted by Gasteiger charge is -2.17. The van der Waals surface area contributed by atoms with Crippen LogP contribution in [0.2, 0.25) is 0 Å². The SMILES string of the molecule is CC(C)c1cc(OCc2cnccn2)c(I)cc1Oc1cnc(N)nc1N. The minimum absolute atomic E-state index is 0.103.